The lowest BCUT2D eigenvalue weighted by Crippen LogP contribution is -2.48. The Kier molecular flexibility index (Phi) is 6.05. The summed E-state index contributed by atoms with van der Waals surface area (Å²) in [4.78, 5) is 29.3. The van der Waals surface area contributed by atoms with E-state index in [1.807, 2.05) is 71.8 Å². The van der Waals surface area contributed by atoms with Gasteiger partial charge in [-0.2, -0.15) is 0 Å². The number of thiophene rings is 1. The number of hydrogen-bond acceptors (Lipinski definition) is 5. The van der Waals surface area contributed by atoms with Gasteiger partial charge in [-0.3, -0.25) is 9.59 Å². The predicted molar refractivity (Wildman–Crippen MR) is 128 cm³/mol. The number of rotatable bonds is 5. The van der Waals surface area contributed by atoms with Gasteiger partial charge in [0.15, 0.2) is 11.5 Å². The molecule has 0 radical (unpaired) electrons. The molecule has 1 aromatic heterocycles. The summed E-state index contributed by atoms with van der Waals surface area (Å²) in [6.45, 7) is 3.48. The molecule has 1 N–H and O–H groups in total. The van der Waals surface area contributed by atoms with Gasteiger partial charge in [0.1, 0.15) is 13.2 Å². The number of carbonyl (C=O) groups excluding carboxylic acids is 2. The molecule has 3 heterocycles. The molecule has 0 saturated carbocycles. The number of benzene rings is 2. The van der Waals surface area contributed by atoms with Crippen LogP contribution in [0.2, 0.25) is 0 Å². The molecule has 2 unspecified atom stereocenters. The van der Waals surface area contributed by atoms with Crippen LogP contribution in [-0.2, 0) is 16.1 Å². The number of anilines is 1. The summed E-state index contributed by atoms with van der Waals surface area (Å²) in [5.74, 6) is 1.10. The quantitative estimate of drug-likeness (QED) is 0.600. The fourth-order valence-corrected chi connectivity index (χ4v) is 5.36. The molecule has 33 heavy (non-hydrogen) atoms. The summed E-state index contributed by atoms with van der Waals surface area (Å²) in [6.07, 6.45) is 0.870. The van der Waals surface area contributed by atoms with Gasteiger partial charge in [-0.05, 0) is 54.6 Å². The van der Waals surface area contributed by atoms with Gasteiger partial charge in [0.25, 0.3) is 0 Å². The molecule has 170 valence electrons. The van der Waals surface area contributed by atoms with Crippen LogP contribution in [-0.4, -0.2) is 25.0 Å². The second-order valence-corrected chi connectivity index (χ2v) is 9.38. The van der Waals surface area contributed by atoms with E-state index in [2.05, 4.69) is 5.32 Å². The molecule has 7 heteroatoms. The maximum Gasteiger partial charge on any atom is 0.227 e. The number of aryl methyl sites for hydroxylation is 1. The lowest BCUT2D eigenvalue weighted by atomic mass is 9.86. The smallest absolute Gasteiger partial charge is 0.227 e. The van der Waals surface area contributed by atoms with Crippen LogP contribution in [0.25, 0.3) is 0 Å². The Labute approximate surface area is 197 Å². The second-order valence-electron chi connectivity index (χ2n) is 8.40. The second kappa shape index (κ2) is 9.27. The molecule has 1 fully saturated rings. The molecule has 0 bridgehead atoms. The standard InChI is InChI=1S/C26H26N2O4S/c1-17-4-7-19(8-5-17)28-24(29)11-9-20(25(28)23-3-2-14-33-23)26(30)27-16-18-6-10-21-22(15-18)32-13-12-31-21/h2-8,10,14-15,20,25H,9,11-13,16H2,1H3,(H,27,30). The van der Waals surface area contributed by atoms with Crippen LogP contribution < -0.4 is 19.7 Å². The minimum Gasteiger partial charge on any atom is -0.486 e. The molecule has 2 atom stereocenters. The van der Waals surface area contributed by atoms with E-state index in [0.29, 0.717) is 38.3 Å². The fraction of sp³-hybridized carbons (Fsp3) is 0.308. The van der Waals surface area contributed by atoms with E-state index in [0.717, 1.165) is 27.4 Å². The van der Waals surface area contributed by atoms with Crippen molar-refractivity contribution in [1.82, 2.24) is 5.32 Å². The number of hydrogen-bond donors (Lipinski definition) is 1. The average Bonchev–Trinajstić information content (AvgIpc) is 3.37. The molecule has 1 saturated heterocycles. The first-order valence-corrected chi connectivity index (χ1v) is 12.1. The summed E-state index contributed by atoms with van der Waals surface area (Å²) in [5.41, 5.74) is 2.90. The summed E-state index contributed by atoms with van der Waals surface area (Å²) >= 11 is 1.58. The Morgan fingerprint density at radius 3 is 2.64 bits per heavy atom. The molecule has 5 rings (SSSR count). The highest BCUT2D eigenvalue weighted by atomic mass is 32.1. The van der Waals surface area contributed by atoms with E-state index in [1.165, 1.54) is 0 Å². The minimum atomic E-state index is -0.333. The van der Waals surface area contributed by atoms with E-state index in [9.17, 15) is 9.59 Å². The molecule has 0 spiro atoms. The third kappa shape index (κ3) is 4.46. The third-order valence-corrected chi connectivity index (χ3v) is 7.10. The van der Waals surface area contributed by atoms with Crippen molar-refractivity contribution in [3.63, 3.8) is 0 Å². The topological polar surface area (TPSA) is 67.9 Å². The summed E-state index contributed by atoms with van der Waals surface area (Å²) in [6, 6.07) is 17.3. The van der Waals surface area contributed by atoms with Crippen LogP contribution in [0.15, 0.2) is 60.0 Å². The number of amides is 2. The van der Waals surface area contributed by atoms with Crippen LogP contribution in [0.1, 0.15) is 34.9 Å². The Balaban J connectivity index is 1.38. The van der Waals surface area contributed by atoms with Crippen molar-refractivity contribution in [2.75, 3.05) is 18.1 Å². The SMILES string of the molecule is Cc1ccc(N2C(=O)CCC(C(=O)NCc3ccc4c(c3)OCCO4)C2c2cccs2)cc1. The van der Waals surface area contributed by atoms with Gasteiger partial charge in [0.05, 0.1) is 12.0 Å². The largest absolute Gasteiger partial charge is 0.486 e. The van der Waals surface area contributed by atoms with Gasteiger partial charge < -0.3 is 19.7 Å². The summed E-state index contributed by atoms with van der Waals surface area (Å²) < 4.78 is 11.2. The lowest BCUT2D eigenvalue weighted by molar-refractivity contribution is -0.129. The van der Waals surface area contributed by atoms with E-state index in [4.69, 9.17) is 9.47 Å². The molecule has 3 aromatic rings. The maximum atomic E-state index is 13.4. The Morgan fingerprint density at radius 1 is 1.09 bits per heavy atom. The van der Waals surface area contributed by atoms with E-state index in [-0.39, 0.29) is 23.8 Å². The van der Waals surface area contributed by atoms with Gasteiger partial charge in [0.2, 0.25) is 11.8 Å². The zero-order chi connectivity index (χ0) is 22.8. The van der Waals surface area contributed by atoms with Crippen molar-refractivity contribution in [3.05, 3.63) is 76.0 Å². The number of ether oxygens (including phenoxy) is 2. The summed E-state index contributed by atoms with van der Waals surface area (Å²) in [5, 5.41) is 5.09. The number of nitrogens with zero attached hydrogens (tertiary/aromatic N) is 1. The lowest BCUT2D eigenvalue weighted by Gasteiger charge is -2.40. The summed E-state index contributed by atoms with van der Waals surface area (Å²) in [7, 11) is 0. The van der Waals surface area contributed by atoms with Crippen LogP contribution in [0.3, 0.4) is 0 Å². The van der Waals surface area contributed by atoms with Gasteiger partial charge >= 0.3 is 0 Å². The first-order chi connectivity index (χ1) is 16.1. The number of carbonyl (C=O) groups is 2. The van der Waals surface area contributed by atoms with Gasteiger partial charge in [0, 0.05) is 23.5 Å². The van der Waals surface area contributed by atoms with Crippen LogP contribution in [0.5, 0.6) is 11.5 Å². The molecule has 6 nitrogen and oxygen atoms in total. The number of fused-ring (bicyclic) bond motifs is 1. The zero-order valence-corrected chi connectivity index (χ0v) is 19.3. The maximum absolute atomic E-state index is 13.4. The molecule has 2 aromatic carbocycles. The highest BCUT2D eigenvalue weighted by Crippen LogP contribution is 2.41. The van der Waals surface area contributed by atoms with E-state index >= 15 is 0 Å². The molecule has 2 aliphatic rings. The molecular formula is C26H26N2O4S. The molecule has 0 aliphatic carbocycles. The van der Waals surface area contributed by atoms with E-state index < -0.39 is 0 Å². The van der Waals surface area contributed by atoms with Crippen LogP contribution in [0, 0.1) is 12.8 Å². The van der Waals surface area contributed by atoms with Gasteiger partial charge in [-0.1, -0.05) is 29.8 Å². The third-order valence-electron chi connectivity index (χ3n) is 6.15. The van der Waals surface area contributed by atoms with Crippen molar-refractivity contribution in [1.29, 1.82) is 0 Å². The molecule has 2 amide bonds. The van der Waals surface area contributed by atoms with Crippen molar-refractivity contribution in [3.8, 4) is 11.5 Å². The number of nitrogens with one attached hydrogen (secondary N) is 1. The highest BCUT2D eigenvalue weighted by molar-refractivity contribution is 7.10. The van der Waals surface area contributed by atoms with Gasteiger partial charge in [-0.15, -0.1) is 11.3 Å². The minimum absolute atomic E-state index is 0.0482. The molecule has 2 aliphatic heterocycles. The van der Waals surface area contributed by atoms with E-state index in [1.54, 1.807) is 11.3 Å². The first-order valence-electron chi connectivity index (χ1n) is 11.2. The van der Waals surface area contributed by atoms with Crippen molar-refractivity contribution in [2.24, 2.45) is 5.92 Å². The Bertz CT molecular complexity index is 1140. The fourth-order valence-electron chi connectivity index (χ4n) is 4.48. The Hall–Kier alpha value is -3.32. The monoisotopic (exact) mass is 462 g/mol. The highest BCUT2D eigenvalue weighted by Gasteiger charge is 2.41. The first kappa shape index (κ1) is 21.5. The van der Waals surface area contributed by atoms with Crippen molar-refractivity contribution >= 4 is 28.8 Å². The van der Waals surface area contributed by atoms with Gasteiger partial charge in [-0.25, -0.2) is 0 Å². The van der Waals surface area contributed by atoms with Crippen molar-refractivity contribution < 1.29 is 19.1 Å². The normalized spacial score (nSPS) is 19.9. The zero-order valence-electron chi connectivity index (χ0n) is 18.5. The van der Waals surface area contributed by atoms with Crippen LogP contribution >= 0.6 is 11.3 Å². The molecular weight excluding hydrogens is 436 g/mol. The van der Waals surface area contributed by atoms with Crippen LogP contribution in [0.4, 0.5) is 5.69 Å². The predicted octanol–water partition coefficient (Wildman–Crippen LogP) is 4.63. The average molecular weight is 463 g/mol. The Morgan fingerprint density at radius 2 is 1.88 bits per heavy atom. The number of piperidine rings is 1. The van der Waals surface area contributed by atoms with Crippen molar-refractivity contribution in [2.45, 2.75) is 32.4 Å².